The van der Waals surface area contributed by atoms with Crippen LogP contribution in [0.5, 0.6) is 0 Å². The van der Waals surface area contributed by atoms with Gasteiger partial charge in [0, 0.05) is 0 Å². The van der Waals surface area contributed by atoms with Crippen LogP contribution < -0.4 is 0 Å². The largest absolute Gasteiger partial charge is 0.417 e. The van der Waals surface area contributed by atoms with Crippen molar-refractivity contribution in [3.8, 4) is 0 Å². The summed E-state index contributed by atoms with van der Waals surface area (Å²) in [6.45, 7) is 13.7. The van der Waals surface area contributed by atoms with Crippen LogP contribution in [0, 0.1) is 0 Å². The first-order valence-corrected chi connectivity index (χ1v) is 6.07. The van der Waals surface area contributed by atoms with E-state index in [-0.39, 0.29) is 10.9 Å². The third-order valence-electron chi connectivity index (χ3n) is 1.96. The lowest BCUT2D eigenvalue weighted by Crippen LogP contribution is -2.06. The first-order chi connectivity index (χ1) is 8.32. The predicted molar refractivity (Wildman–Crippen MR) is 73.1 cm³/mol. The van der Waals surface area contributed by atoms with E-state index in [9.17, 15) is 13.2 Å². The topological polar surface area (TPSA) is 0 Å². The molecule has 0 amide bonds. The van der Waals surface area contributed by atoms with Gasteiger partial charge < -0.3 is 0 Å². The maximum Gasteiger partial charge on any atom is 0.417 e. The molecule has 0 N–H and O–H groups in total. The van der Waals surface area contributed by atoms with Crippen molar-refractivity contribution in [2.45, 2.75) is 39.8 Å². The summed E-state index contributed by atoms with van der Waals surface area (Å²) in [4.78, 5) is 0. The van der Waals surface area contributed by atoms with E-state index in [0.29, 0.717) is 5.56 Å². The first-order valence-electron chi connectivity index (χ1n) is 5.69. The number of hydrogen-bond donors (Lipinski definition) is 0. The van der Waals surface area contributed by atoms with Crippen LogP contribution >= 0.6 is 11.6 Å². The molecule has 0 unspecified atom stereocenters. The number of benzene rings is 1. The summed E-state index contributed by atoms with van der Waals surface area (Å²) in [7, 11) is 0. The van der Waals surface area contributed by atoms with Gasteiger partial charge in [-0.1, -0.05) is 45.4 Å². The van der Waals surface area contributed by atoms with Crippen molar-refractivity contribution in [2.75, 3.05) is 0 Å². The normalized spacial score (nSPS) is 10.1. The van der Waals surface area contributed by atoms with Crippen molar-refractivity contribution in [3.05, 3.63) is 47.5 Å². The minimum Gasteiger partial charge on any atom is -0.166 e. The number of alkyl halides is 3. The van der Waals surface area contributed by atoms with Crippen molar-refractivity contribution in [1.82, 2.24) is 0 Å². The van der Waals surface area contributed by atoms with Gasteiger partial charge in [0.05, 0.1) is 10.6 Å². The smallest absolute Gasteiger partial charge is 0.166 e. The summed E-state index contributed by atoms with van der Waals surface area (Å²) in [6, 6.07) is 4.01. The average Bonchev–Trinajstić information content (AvgIpc) is 2.33. The monoisotopic (exact) mass is 280 g/mol. The second kappa shape index (κ2) is 9.03. The predicted octanol–water partition coefficient (Wildman–Crippen LogP) is 6.31. The molecule has 1 aromatic rings. The first kappa shape index (κ1) is 19.4. The van der Waals surface area contributed by atoms with Gasteiger partial charge >= 0.3 is 6.18 Å². The Morgan fingerprint density at radius 2 is 1.56 bits per heavy atom. The van der Waals surface area contributed by atoms with E-state index >= 15 is 0 Å². The van der Waals surface area contributed by atoms with E-state index in [0.717, 1.165) is 6.07 Å². The third kappa shape index (κ3) is 6.10. The highest BCUT2D eigenvalue weighted by Crippen LogP contribution is 2.36. The van der Waals surface area contributed by atoms with Gasteiger partial charge in [0.25, 0.3) is 0 Å². The second-order valence-electron chi connectivity index (χ2n) is 3.39. The molecule has 0 aliphatic rings. The van der Waals surface area contributed by atoms with Crippen LogP contribution in [0.4, 0.5) is 13.2 Å². The van der Waals surface area contributed by atoms with Gasteiger partial charge in [0.15, 0.2) is 0 Å². The van der Waals surface area contributed by atoms with Gasteiger partial charge in [-0.25, -0.2) is 0 Å². The molecule has 18 heavy (non-hydrogen) atoms. The Kier molecular flexibility index (Phi) is 9.73. The summed E-state index contributed by atoms with van der Waals surface area (Å²) in [5, 5.41) is -0.248. The molecule has 0 fully saturated rings. The molecule has 0 aliphatic heterocycles. The molecule has 4 heteroatoms. The fraction of sp³-hybridized carbons (Fsp3) is 0.429. The van der Waals surface area contributed by atoms with Crippen LogP contribution in [-0.4, -0.2) is 0 Å². The Bertz CT molecular complexity index is 343. The maximum atomic E-state index is 12.4. The Morgan fingerprint density at radius 3 is 1.89 bits per heavy atom. The van der Waals surface area contributed by atoms with Crippen LogP contribution in [-0.2, 0) is 6.18 Å². The molecule has 0 atom stereocenters. The molecule has 0 saturated heterocycles. The van der Waals surface area contributed by atoms with Crippen LogP contribution in [0.1, 0.15) is 44.7 Å². The van der Waals surface area contributed by atoms with Crippen LogP contribution in [0.3, 0.4) is 0 Å². The molecule has 0 aromatic heterocycles. The summed E-state index contributed by atoms with van der Waals surface area (Å²) < 4.78 is 37.2. The van der Waals surface area contributed by atoms with E-state index in [4.69, 9.17) is 11.6 Å². The standard InChI is InChI=1S/C10H10ClF3.C2H6.C2H4/c1-6(2)7-3-4-9(11)8(5-7)10(12,13)14;2*1-2/h3-6H,1-2H3;1-2H3;1-2H2. The van der Waals surface area contributed by atoms with Crippen LogP contribution in [0.15, 0.2) is 31.4 Å². The molecule has 0 saturated carbocycles. The fourth-order valence-corrected chi connectivity index (χ4v) is 1.34. The highest BCUT2D eigenvalue weighted by atomic mass is 35.5. The van der Waals surface area contributed by atoms with Crippen molar-refractivity contribution in [3.63, 3.8) is 0 Å². The highest BCUT2D eigenvalue weighted by Gasteiger charge is 2.33. The lowest BCUT2D eigenvalue weighted by Gasteiger charge is -2.12. The average molecular weight is 281 g/mol. The van der Waals surface area contributed by atoms with E-state index in [1.54, 1.807) is 6.07 Å². The minimum absolute atomic E-state index is 0.0633. The molecule has 104 valence electrons. The molecular formula is C14H20ClF3. The number of rotatable bonds is 1. The Hall–Kier alpha value is -0.960. The summed E-state index contributed by atoms with van der Waals surface area (Å²) in [6.07, 6.45) is -4.37. The second-order valence-corrected chi connectivity index (χ2v) is 3.80. The van der Waals surface area contributed by atoms with Gasteiger partial charge in [-0.15, -0.1) is 13.2 Å². The minimum atomic E-state index is -4.37. The molecular weight excluding hydrogens is 261 g/mol. The Balaban J connectivity index is 0. The zero-order valence-electron chi connectivity index (χ0n) is 11.2. The summed E-state index contributed by atoms with van der Waals surface area (Å²) >= 11 is 5.47. The van der Waals surface area contributed by atoms with Gasteiger partial charge in [0.2, 0.25) is 0 Å². The molecule has 0 bridgehead atoms. The van der Waals surface area contributed by atoms with Gasteiger partial charge in [-0.3, -0.25) is 0 Å². The molecule has 0 heterocycles. The van der Waals surface area contributed by atoms with E-state index < -0.39 is 11.7 Å². The molecule has 1 aromatic carbocycles. The van der Waals surface area contributed by atoms with Crippen LogP contribution in [0.2, 0.25) is 5.02 Å². The van der Waals surface area contributed by atoms with Gasteiger partial charge in [-0.05, 0) is 23.6 Å². The Morgan fingerprint density at radius 1 is 1.11 bits per heavy atom. The SMILES string of the molecule is C=C.CC.CC(C)c1ccc(Cl)c(C(F)(F)F)c1. The maximum absolute atomic E-state index is 12.4. The zero-order valence-corrected chi connectivity index (χ0v) is 12.0. The van der Waals surface area contributed by atoms with Crippen LogP contribution in [0.25, 0.3) is 0 Å². The summed E-state index contributed by atoms with van der Waals surface area (Å²) in [5.74, 6) is 0.0633. The molecule has 1 rings (SSSR count). The third-order valence-corrected chi connectivity index (χ3v) is 2.29. The van der Waals surface area contributed by atoms with Gasteiger partial charge in [0.1, 0.15) is 0 Å². The molecule has 0 radical (unpaired) electrons. The quantitative estimate of drug-likeness (QED) is 0.529. The highest BCUT2D eigenvalue weighted by molar-refractivity contribution is 6.31. The zero-order chi connectivity index (χ0) is 14.9. The fourth-order valence-electron chi connectivity index (χ4n) is 1.12. The lowest BCUT2D eigenvalue weighted by atomic mass is 10.0. The summed E-state index contributed by atoms with van der Waals surface area (Å²) in [5.41, 5.74) is -0.118. The lowest BCUT2D eigenvalue weighted by molar-refractivity contribution is -0.137. The van der Waals surface area contributed by atoms with Crippen molar-refractivity contribution >= 4 is 11.6 Å². The molecule has 0 spiro atoms. The number of halogens is 4. The number of hydrogen-bond acceptors (Lipinski definition) is 0. The van der Waals surface area contributed by atoms with Crippen molar-refractivity contribution < 1.29 is 13.2 Å². The van der Waals surface area contributed by atoms with Crippen molar-refractivity contribution in [2.24, 2.45) is 0 Å². The molecule has 0 nitrogen and oxygen atoms in total. The Labute approximate surface area is 112 Å². The molecule has 0 aliphatic carbocycles. The van der Waals surface area contributed by atoms with E-state index in [1.165, 1.54) is 6.07 Å². The van der Waals surface area contributed by atoms with E-state index in [1.807, 2.05) is 27.7 Å². The van der Waals surface area contributed by atoms with Crippen molar-refractivity contribution in [1.29, 1.82) is 0 Å². The van der Waals surface area contributed by atoms with E-state index in [2.05, 4.69) is 13.2 Å². The van der Waals surface area contributed by atoms with Gasteiger partial charge in [-0.2, -0.15) is 13.2 Å².